The highest BCUT2D eigenvalue weighted by atomic mass is 16.5. The number of aromatic amines is 1. The van der Waals surface area contributed by atoms with Gasteiger partial charge in [0, 0.05) is 41.1 Å². The number of carbonyl (C=O) groups excluding carboxylic acids is 1. The van der Waals surface area contributed by atoms with Crippen LogP contribution in [0, 0.1) is 0 Å². The Morgan fingerprint density at radius 2 is 1.77 bits per heavy atom. The molecular formula is C21H33N3O2. The molecule has 0 aliphatic carbocycles. The maximum Gasteiger partial charge on any atom is 0.323 e. The number of fused-ring (bicyclic) bond motifs is 1. The van der Waals surface area contributed by atoms with Crippen LogP contribution in [0.4, 0.5) is 0 Å². The number of rotatable bonds is 6. The van der Waals surface area contributed by atoms with Gasteiger partial charge in [-0.2, -0.15) is 0 Å². The Morgan fingerprint density at radius 1 is 1.15 bits per heavy atom. The molecule has 0 aliphatic rings. The largest absolute Gasteiger partial charge is 0.463 e. The van der Waals surface area contributed by atoms with Crippen molar-refractivity contribution in [2.24, 2.45) is 5.73 Å². The zero-order valence-electron chi connectivity index (χ0n) is 16.9. The number of para-hydroxylation sites is 1. The third-order valence-corrected chi connectivity index (χ3v) is 4.60. The van der Waals surface area contributed by atoms with Crippen LogP contribution in [0.25, 0.3) is 10.9 Å². The molecule has 1 heterocycles. The van der Waals surface area contributed by atoms with E-state index in [9.17, 15) is 4.79 Å². The maximum atomic E-state index is 12.3. The monoisotopic (exact) mass is 359 g/mol. The summed E-state index contributed by atoms with van der Waals surface area (Å²) in [5.41, 5.74) is 8.17. The van der Waals surface area contributed by atoms with E-state index in [2.05, 4.69) is 51.4 Å². The van der Waals surface area contributed by atoms with E-state index in [0.717, 1.165) is 16.5 Å². The highest BCUT2D eigenvalue weighted by Gasteiger charge is 2.31. The van der Waals surface area contributed by atoms with Crippen molar-refractivity contribution in [3.8, 4) is 0 Å². The first-order chi connectivity index (χ1) is 12.0. The van der Waals surface area contributed by atoms with Gasteiger partial charge >= 0.3 is 5.97 Å². The van der Waals surface area contributed by atoms with Gasteiger partial charge in [0.05, 0.1) is 0 Å². The van der Waals surface area contributed by atoms with Crippen molar-refractivity contribution >= 4 is 16.9 Å². The molecule has 0 saturated carbocycles. The Balaban J connectivity index is 1.91. The Labute approximate surface area is 156 Å². The summed E-state index contributed by atoms with van der Waals surface area (Å²) in [5, 5.41) is 1.10. The van der Waals surface area contributed by atoms with Crippen LogP contribution in [0.1, 0.15) is 47.1 Å². The molecule has 0 saturated heterocycles. The van der Waals surface area contributed by atoms with Crippen LogP contribution in [-0.2, 0) is 16.0 Å². The zero-order chi connectivity index (χ0) is 19.5. The summed E-state index contributed by atoms with van der Waals surface area (Å²) in [6.07, 6.45) is 2.38. The van der Waals surface area contributed by atoms with Crippen LogP contribution < -0.4 is 5.73 Å². The van der Waals surface area contributed by atoms with Gasteiger partial charge in [-0.25, -0.2) is 0 Å². The van der Waals surface area contributed by atoms with Crippen molar-refractivity contribution in [2.45, 2.75) is 65.1 Å². The summed E-state index contributed by atoms with van der Waals surface area (Å²) in [7, 11) is 0. The highest BCUT2D eigenvalue weighted by molar-refractivity contribution is 5.84. The van der Waals surface area contributed by atoms with Crippen LogP contribution in [0.3, 0.4) is 0 Å². The Bertz CT molecular complexity index is 724. The Kier molecular flexibility index (Phi) is 6.14. The summed E-state index contributed by atoms with van der Waals surface area (Å²) >= 11 is 0. The van der Waals surface area contributed by atoms with Crippen molar-refractivity contribution in [3.63, 3.8) is 0 Å². The molecule has 1 atom stereocenters. The highest BCUT2D eigenvalue weighted by Crippen LogP contribution is 2.24. The molecule has 0 radical (unpaired) electrons. The van der Waals surface area contributed by atoms with Crippen LogP contribution in [-0.4, -0.2) is 46.1 Å². The second kappa shape index (κ2) is 7.80. The van der Waals surface area contributed by atoms with E-state index in [0.29, 0.717) is 19.6 Å². The summed E-state index contributed by atoms with van der Waals surface area (Å²) in [6.45, 7) is 14.0. The van der Waals surface area contributed by atoms with Gasteiger partial charge in [-0.3, -0.25) is 9.69 Å². The van der Waals surface area contributed by atoms with Gasteiger partial charge in [0.25, 0.3) is 0 Å². The number of ether oxygens (including phenoxy) is 1. The fourth-order valence-corrected chi connectivity index (χ4v) is 3.64. The normalized spacial score (nSPS) is 14.0. The van der Waals surface area contributed by atoms with Gasteiger partial charge in [0.15, 0.2) is 0 Å². The molecule has 5 nitrogen and oxygen atoms in total. The molecule has 26 heavy (non-hydrogen) atoms. The first kappa shape index (κ1) is 20.5. The van der Waals surface area contributed by atoms with Crippen LogP contribution >= 0.6 is 0 Å². The average Bonchev–Trinajstić information content (AvgIpc) is 2.92. The molecule has 1 aromatic carbocycles. The van der Waals surface area contributed by atoms with Gasteiger partial charge in [0.2, 0.25) is 0 Å². The first-order valence-electron chi connectivity index (χ1n) is 9.25. The molecule has 0 fully saturated rings. The Hall–Kier alpha value is -1.85. The van der Waals surface area contributed by atoms with Crippen molar-refractivity contribution in [1.29, 1.82) is 0 Å². The fraction of sp³-hybridized carbons (Fsp3) is 0.571. The number of benzene rings is 1. The molecular weight excluding hydrogens is 326 g/mol. The number of esters is 1. The van der Waals surface area contributed by atoms with E-state index in [1.54, 1.807) is 0 Å². The van der Waals surface area contributed by atoms with Crippen molar-refractivity contribution in [2.75, 3.05) is 13.2 Å². The number of nitrogens with one attached hydrogen (secondary N) is 1. The first-order valence-corrected chi connectivity index (χ1v) is 9.25. The Morgan fingerprint density at radius 3 is 2.38 bits per heavy atom. The predicted molar refractivity (Wildman–Crippen MR) is 107 cm³/mol. The number of aromatic nitrogens is 1. The SMILES string of the molecule is CC(C)(C)N(CCOC(=O)C(N)Cc1c[nH]c2ccccc12)C(C)(C)C. The van der Waals surface area contributed by atoms with E-state index < -0.39 is 6.04 Å². The van der Waals surface area contributed by atoms with E-state index in [1.807, 2.05) is 30.5 Å². The average molecular weight is 360 g/mol. The number of nitrogens with zero attached hydrogens (tertiary/aromatic N) is 1. The van der Waals surface area contributed by atoms with Gasteiger partial charge < -0.3 is 15.5 Å². The standard InChI is InChI=1S/C21H33N3O2/c1-20(2,3)24(21(4,5)6)11-12-26-19(25)17(22)13-15-14-23-18-10-8-7-9-16(15)18/h7-10,14,17,23H,11-13,22H2,1-6H3. The van der Waals surface area contributed by atoms with Gasteiger partial charge in [-0.05, 0) is 53.2 Å². The summed E-state index contributed by atoms with van der Waals surface area (Å²) in [4.78, 5) is 17.9. The number of hydrogen-bond acceptors (Lipinski definition) is 4. The minimum Gasteiger partial charge on any atom is -0.463 e. The van der Waals surface area contributed by atoms with E-state index >= 15 is 0 Å². The minimum absolute atomic E-state index is 0.00316. The molecule has 144 valence electrons. The van der Waals surface area contributed by atoms with E-state index in [4.69, 9.17) is 10.5 Å². The fourth-order valence-electron chi connectivity index (χ4n) is 3.64. The molecule has 2 aromatic rings. The lowest BCUT2D eigenvalue weighted by atomic mass is 9.96. The lowest BCUT2D eigenvalue weighted by Crippen LogP contribution is -2.54. The quantitative estimate of drug-likeness (QED) is 0.775. The smallest absolute Gasteiger partial charge is 0.323 e. The van der Waals surface area contributed by atoms with Crippen LogP contribution in [0.2, 0.25) is 0 Å². The van der Waals surface area contributed by atoms with E-state index in [1.165, 1.54) is 0 Å². The lowest BCUT2D eigenvalue weighted by Gasteiger charge is -2.45. The summed E-state index contributed by atoms with van der Waals surface area (Å²) in [6, 6.07) is 7.34. The van der Waals surface area contributed by atoms with E-state index in [-0.39, 0.29) is 17.0 Å². The molecule has 2 rings (SSSR count). The lowest BCUT2D eigenvalue weighted by molar-refractivity contribution is -0.146. The van der Waals surface area contributed by atoms with Crippen molar-refractivity contribution < 1.29 is 9.53 Å². The number of H-pyrrole nitrogens is 1. The molecule has 0 bridgehead atoms. The maximum absolute atomic E-state index is 12.3. The molecule has 5 heteroatoms. The summed E-state index contributed by atoms with van der Waals surface area (Å²) < 4.78 is 5.47. The number of hydrogen-bond donors (Lipinski definition) is 2. The molecule has 0 spiro atoms. The molecule has 3 N–H and O–H groups in total. The number of nitrogens with two attached hydrogens (primary N) is 1. The van der Waals surface area contributed by atoms with Gasteiger partial charge in [-0.1, -0.05) is 18.2 Å². The molecule has 0 aliphatic heterocycles. The molecule has 1 unspecified atom stereocenters. The molecule has 0 amide bonds. The number of carbonyl (C=O) groups is 1. The minimum atomic E-state index is -0.660. The van der Waals surface area contributed by atoms with Crippen LogP contribution in [0.5, 0.6) is 0 Å². The third kappa shape index (κ3) is 5.08. The van der Waals surface area contributed by atoms with Crippen molar-refractivity contribution in [3.05, 3.63) is 36.0 Å². The summed E-state index contributed by atoms with van der Waals surface area (Å²) in [5.74, 6) is -0.349. The second-order valence-corrected chi connectivity index (χ2v) is 8.83. The molecule has 1 aromatic heterocycles. The van der Waals surface area contributed by atoms with Gasteiger partial charge in [0.1, 0.15) is 12.6 Å². The predicted octanol–water partition coefficient (Wildman–Crippen LogP) is 3.48. The van der Waals surface area contributed by atoms with Crippen LogP contribution in [0.15, 0.2) is 30.5 Å². The second-order valence-electron chi connectivity index (χ2n) is 8.83. The third-order valence-electron chi connectivity index (χ3n) is 4.60. The van der Waals surface area contributed by atoms with Gasteiger partial charge in [-0.15, -0.1) is 0 Å². The topological polar surface area (TPSA) is 71.3 Å². The zero-order valence-corrected chi connectivity index (χ0v) is 16.9. The van der Waals surface area contributed by atoms with Crippen molar-refractivity contribution in [1.82, 2.24) is 9.88 Å².